The Balaban J connectivity index is 0.000000257. The van der Waals surface area contributed by atoms with Gasteiger partial charge in [0.05, 0.1) is 6.10 Å². The SMILES string of the molecule is CC(=O)OCC(=O)c1ccc(I)cc1.OC(CBr)c1ccc(I)cc1. The van der Waals surface area contributed by atoms with Crippen LogP contribution in [0.1, 0.15) is 28.9 Å². The Morgan fingerprint density at radius 1 is 1.04 bits per heavy atom. The van der Waals surface area contributed by atoms with Gasteiger partial charge in [-0.3, -0.25) is 9.59 Å². The minimum absolute atomic E-state index is 0.184. The van der Waals surface area contributed by atoms with Crippen LogP contribution in [0.4, 0.5) is 0 Å². The number of benzene rings is 2. The molecule has 134 valence electrons. The molecule has 0 saturated heterocycles. The lowest BCUT2D eigenvalue weighted by Gasteiger charge is -2.05. The summed E-state index contributed by atoms with van der Waals surface area (Å²) < 4.78 is 6.85. The van der Waals surface area contributed by atoms with Gasteiger partial charge in [-0.15, -0.1) is 0 Å². The first-order chi connectivity index (χ1) is 11.8. The summed E-state index contributed by atoms with van der Waals surface area (Å²) in [4.78, 5) is 21.8. The van der Waals surface area contributed by atoms with Gasteiger partial charge in [-0.05, 0) is 75.0 Å². The van der Waals surface area contributed by atoms with Crippen LogP contribution in [0.5, 0.6) is 0 Å². The van der Waals surface area contributed by atoms with E-state index >= 15 is 0 Å². The number of ether oxygens (including phenoxy) is 1. The number of ketones is 1. The van der Waals surface area contributed by atoms with Crippen LogP contribution in [0, 0.1) is 7.14 Å². The van der Waals surface area contributed by atoms with Crippen LogP contribution in [-0.2, 0) is 9.53 Å². The molecule has 0 aliphatic heterocycles. The summed E-state index contributed by atoms with van der Waals surface area (Å²) in [6.07, 6.45) is -0.382. The summed E-state index contributed by atoms with van der Waals surface area (Å²) in [6, 6.07) is 15.0. The number of rotatable bonds is 5. The molecule has 2 aromatic carbocycles. The second-order valence-corrected chi connectivity index (χ2v) is 8.07. The molecule has 0 aliphatic rings. The van der Waals surface area contributed by atoms with E-state index in [9.17, 15) is 14.7 Å². The van der Waals surface area contributed by atoms with E-state index in [1.807, 2.05) is 36.4 Å². The van der Waals surface area contributed by atoms with Crippen molar-refractivity contribution in [2.45, 2.75) is 13.0 Å². The van der Waals surface area contributed by atoms with Crippen LogP contribution >= 0.6 is 61.1 Å². The highest BCUT2D eigenvalue weighted by atomic mass is 127. The largest absolute Gasteiger partial charge is 0.457 e. The van der Waals surface area contributed by atoms with Gasteiger partial charge < -0.3 is 9.84 Å². The van der Waals surface area contributed by atoms with E-state index in [0.717, 1.165) is 9.13 Å². The van der Waals surface area contributed by atoms with Gasteiger partial charge in [-0.2, -0.15) is 0 Å². The highest BCUT2D eigenvalue weighted by molar-refractivity contribution is 14.1. The normalized spacial score (nSPS) is 11.1. The van der Waals surface area contributed by atoms with Crippen LogP contribution in [0.15, 0.2) is 48.5 Å². The van der Waals surface area contributed by atoms with Gasteiger partial charge in [-0.25, -0.2) is 0 Å². The van der Waals surface area contributed by atoms with E-state index in [-0.39, 0.29) is 18.5 Å². The third-order valence-electron chi connectivity index (χ3n) is 2.97. The predicted octanol–water partition coefficient (Wildman–Crippen LogP) is 4.76. The molecule has 2 rings (SSSR count). The molecule has 7 heteroatoms. The van der Waals surface area contributed by atoms with Gasteiger partial charge in [-0.1, -0.05) is 40.2 Å². The first-order valence-electron chi connectivity index (χ1n) is 7.25. The molecule has 0 aliphatic carbocycles. The molecule has 0 radical (unpaired) electrons. The number of alkyl halides is 1. The maximum Gasteiger partial charge on any atom is 0.303 e. The number of carbonyl (C=O) groups excluding carboxylic acids is 2. The van der Waals surface area contributed by atoms with Crippen molar-refractivity contribution in [1.82, 2.24) is 0 Å². The van der Waals surface area contributed by atoms with Gasteiger partial charge in [0.15, 0.2) is 12.4 Å². The summed E-state index contributed by atoms with van der Waals surface area (Å²) in [5, 5.41) is 9.96. The first kappa shape index (κ1) is 22.5. The van der Waals surface area contributed by atoms with Crippen LogP contribution in [-0.4, -0.2) is 28.8 Å². The lowest BCUT2D eigenvalue weighted by atomic mass is 10.1. The Morgan fingerprint density at radius 3 is 1.96 bits per heavy atom. The minimum Gasteiger partial charge on any atom is -0.457 e. The molecule has 0 aromatic heterocycles. The number of aliphatic hydroxyl groups is 1. The van der Waals surface area contributed by atoms with Crippen LogP contribution in [0.3, 0.4) is 0 Å². The van der Waals surface area contributed by atoms with Crippen molar-refractivity contribution < 1.29 is 19.4 Å². The molecule has 25 heavy (non-hydrogen) atoms. The van der Waals surface area contributed by atoms with Crippen LogP contribution < -0.4 is 0 Å². The van der Waals surface area contributed by atoms with Gasteiger partial charge in [0.2, 0.25) is 0 Å². The number of esters is 1. The van der Waals surface area contributed by atoms with Crippen molar-refractivity contribution >= 4 is 72.9 Å². The quantitative estimate of drug-likeness (QED) is 0.224. The van der Waals surface area contributed by atoms with E-state index < -0.39 is 5.97 Å². The third-order valence-corrected chi connectivity index (χ3v) is 5.03. The molecular weight excluding hydrogens is 614 g/mol. The highest BCUT2D eigenvalue weighted by Crippen LogP contribution is 2.16. The summed E-state index contributed by atoms with van der Waals surface area (Å²) in [5.74, 6) is -0.625. The molecule has 1 unspecified atom stereocenters. The molecule has 0 amide bonds. The van der Waals surface area contributed by atoms with Crippen molar-refractivity contribution in [3.05, 3.63) is 66.8 Å². The van der Waals surface area contributed by atoms with Crippen molar-refractivity contribution in [3.8, 4) is 0 Å². The fourth-order valence-electron chi connectivity index (χ4n) is 1.66. The monoisotopic (exact) mass is 630 g/mol. The Kier molecular flexibility index (Phi) is 10.8. The molecular formula is C18H17BrI2O4. The zero-order valence-electron chi connectivity index (χ0n) is 13.4. The number of halogens is 3. The second-order valence-electron chi connectivity index (χ2n) is 4.93. The molecule has 0 bridgehead atoms. The van der Waals surface area contributed by atoms with E-state index in [1.165, 1.54) is 10.5 Å². The third kappa shape index (κ3) is 9.11. The highest BCUT2D eigenvalue weighted by Gasteiger charge is 2.06. The summed E-state index contributed by atoms with van der Waals surface area (Å²) >= 11 is 7.61. The van der Waals surface area contributed by atoms with Gasteiger partial charge in [0, 0.05) is 25.0 Å². The lowest BCUT2D eigenvalue weighted by Crippen LogP contribution is -2.11. The molecule has 2 aromatic rings. The molecule has 1 N–H and O–H groups in total. The molecule has 0 fully saturated rings. The Morgan fingerprint density at radius 2 is 1.52 bits per heavy atom. The molecule has 4 nitrogen and oxygen atoms in total. The van der Waals surface area contributed by atoms with Crippen molar-refractivity contribution in [1.29, 1.82) is 0 Å². The van der Waals surface area contributed by atoms with Crippen molar-refractivity contribution in [2.75, 3.05) is 11.9 Å². The Hall–Kier alpha value is -0.520. The van der Waals surface area contributed by atoms with Gasteiger partial charge >= 0.3 is 5.97 Å². The average molecular weight is 631 g/mol. The van der Waals surface area contributed by atoms with Gasteiger partial charge in [0.25, 0.3) is 0 Å². The maximum atomic E-state index is 11.4. The summed E-state index contributed by atoms with van der Waals surface area (Å²) in [5.41, 5.74) is 1.52. The number of aliphatic hydroxyl groups excluding tert-OH is 1. The fourth-order valence-corrected chi connectivity index (χ4v) is 2.75. The predicted molar refractivity (Wildman–Crippen MR) is 118 cm³/mol. The van der Waals surface area contributed by atoms with E-state index in [1.54, 1.807) is 12.1 Å². The van der Waals surface area contributed by atoms with Gasteiger partial charge in [0.1, 0.15) is 0 Å². The van der Waals surface area contributed by atoms with Crippen LogP contribution in [0.25, 0.3) is 0 Å². The first-order valence-corrected chi connectivity index (χ1v) is 10.5. The summed E-state index contributed by atoms with van der Waals surface area (Å²) in [6.45, 7) is 1.09. The van der Waals surface area contributed by atoms with E-state index in [2.05, 4.69) is 65.8 Å². The van der Waals surface area contributed by atoms with Crippen molar-refractivity contribution in [3.63, 3.8) is 0 Å². The number of Topliss-reactive ketones (excluding diaryl/α,β-unsaturated/α-hetero) is 1. The zero-order chi connectivity index (χ0) is 18.8. The average Bonchev–Trinajstić information content (AvgIpc) is 2.60. The lowest BCUT2D eigenvalue weighted by molar-refractivity contribution is -0.139. The number of carbonyl (C=O) groups is 2. The van der Waals surface area contributed by atoms with E-state index in [4.69, 9.17) is 0 Å². The minimum atomic E-state index is -0.441. The van der Waals surface area contributed by atoms with E-state index in [0.29, 0.717) is 10.9 Å². The Bertz CT molecular complexity index is 687. The Labute approximate surface area is 182 Å². The standard InChI is InChI=1S/C10H9IO3.C8H8BrIO/c1-7(12)14-6-10(13)8-2-4-9(11)5-3-8;9-5-8(11)6-1-3-7(10)4-2-6/h2-5H,6H2,1H3;1-4,8,11H,5H2. The molecule has 0 saturated carbocycles. The maximum absolute atomic E-state index is 11.4. The molecule has 0 heterocycles. The smallest absolute Gasteiger partial charge is 0.303 e. The zero-order valence-corrected chi connectivity index (χ0v) is 19.3. The topological polar surface area (TPSA) is 63.6 Å². The van der Waals surface area contributed by atoms with Crippen LogP contribution in [0.2, 0.25) is 0 Å². The fraction of sp³-hybridized carbons (Fsp3) is 0.222. The number of hydrogen-bond acceptors (Lipinski definition) is 4. The summed E-state index contributed by atoms with van der Waals surface area (Å²) in [7, 11) is 0. The molecule has 0 spiro atoms. The molecule has 1 atom stereocenters. The number of hydrogen-bond donors (Lipinski definition) is 1. The van der Waals surface area contributed by atoms with Crippen molar-refractivity contribution in [2.24, 2.45) is 0 Å². The second kappa shape index (κ2) is 12.0.